The molecule has 3 rings (SSSR count). The molecule has 0 saturated heterocycles. The van der Waals surface area contributed by atoms with Crippen molar-refractivity contribution in [1.29, 1.82) is 0 Å². The van der Waals surface area contributed by atoms with Gasteiger partial charge >= 0.3 is 0 Å². The summed E-state index contributed by atoms with van der Waals surface area (Å²) < 4.78 is 5.35. The Kier molecular flexibility index (Phi) is 6.30. The van der Waals surface area contributed by atoms with Crippen molar-refractivity contribution in [3.05, 3.63) is 82.9 Å². The van der Waals surface area contributed by atoms with E-state index in [2.05, 4.69) is 55.2 Å². The summed E-state index contributed by atoms with van der Waals surface area (Å²) in [6, 6.07) is 16.0. The summed E-state index contributed by atoms with van der Waals surface area (Å²) >= 11 is 0. The minimum atomic E-state index is 0.0182. The molecule has 0 fully saturated rings. The molecule has 0 aromatic heterocycles. The molecule has 0 aliphatic heterocycles. The normalized spacial score (nSPS) is 12.4. The van der Waals surface area contributed by atoms with E-state index in [1.807, 2.05) is 24.3 Å². The van der Waals surface area contributed by atoms with Gasteiger partial charge in [-0.2, -0.15) is 0 Å². The first kappa shape index (κ1) is 18.0. The zero-order chi connectivity index (χ0) is 18.2. The summed E-state index contributed by atoms with van der Waals surface area (Å²) in [5, 5.41) is 8.76. The van der Waals surface area contributed by atoms with Crippen molar-refractivity contribution in [3.8, 4) is 17.6 Å². The van der Waals surface area contributed by atoms with E-state index in [0.717, 1.165) is 16.9 Å². The fourth-order valence-corrected chi connectivity index (χ4v) is 2.77. The van der Waals surface area contributed by atoms with E-state index in [-0.39, 0.29) is 6.61 Å². The molecule has 0 heterocycles. The van der Waals surface area contributed by atoms with E-state index in [0.29, 0.717) is 6.61 Å². The number of unbranched alkanes of at least 4 members (excludes halogenated alkanes) is 1. The van der Waals surface area contributed by atoms with Crippen LogP contribution in [0.2, 0.25) is 0 Å². The minimum Gasteiger partial charge on any atom is -0.491 e. The third-order valence-electron chi connectivity index (χ3n) is 4.28. The zero-order valence-electron chi connectivity index (χ0n) is 15.2. The Morgan fingerprint density at radius 3 is 2.08 bits per heavy atom. The van der Waals surface area contributed by atoms with E-state index in [1.165, 1.54) is 36.0 Å². The molecular weight excluding hydrogens is 320 g/mol. The summed E-state index contributed by atoms with van der Waals surface area (Å²) in [5.41, 5.74) is 5.97. The second kappa shape index (κ2) is 9.08. The van der Waals surface area contributed by atoms with Gasteiger partial charge in [0, 0.05) is 11.1 Å². The maximum atomic E-state index is 8.76. The first-order valence-corrected chi connectivity index (χ1v) is 9.17. The summed E-state index contributed by atoms with van der Waals surface area (Å²) in [5.74, 6) is 7.11. The van der Waals surface area contributed by atoms with E-state index in [4.69, 9.17) is 9.84 Å². The van der Waals surface area contributed by atoms with Gasteiger partial charge in [-0.1, -0.05) is 49.5 Å². The highest BCUT2D eigenvalue weighted by Gasteiger charge is 2.09. The van der Waals surface area contributed by atoms with E-state index >= 15 is 0 Å². The molecule has 0 radical (unpaired) electrons. The molecular formula is C24H24O2. The molecule has 0 bridgehead atoms. The van der Waals surface area contributed by atoms with Gasteiger partial charge in [0.05, 0.1) is 6.61 Å². The summed E-state index contributed by atoms with van der Waals surface area (Å²) in [7, 11) is 0. The lowest BCUT2D eigenvalue weighted by molar-refractivity contribution is 0.201. The van der Waals surface area contributed by atoms with Crippen molar-refractivity contribution in [1.82, 2.24) is 0 Å². The predicted octanol–water partition coefficient (Wildman–Crippen LogP) is 4.97. The second-order valence-electron chi connectivity index (χ2n) is 6.35. The minimum absolute atomic E-state index is 0.0182. The number of aliphatic hydroxyl groups excluding tert-OH is 1. The van der Waals surface area contributed by atoms with Crippen molar-refractivity contribution in [3.63, 3.8) is 0 Å². The van der Waals surface area contributed by atoms with Crippen LogP contribution < -0.4 is 4.74 Å². The van der Waals surface area contributed by atoms with Crippen LogP contribution >= 0.6 is 0 Å². The van der Waals surface area contributed by atoms with Crippen molar-refractivity contribution in [2.24, 2.45) is 0 Å². The van der Waals surface area contributed by atoms with Crippen molar-refractivity contribution >= 4 is 5.57 Å². The van der Waals surface area contributed by atoms with Crippen molar-refractivity contribution in [2.45, 2.75) is 26.2 Å². The quantitative estimate of drug-likeness (QED) is 0.719. The molecule has 26 heavy (non-hydrogen) atoms. The molecule has 2 heteroatoms. The lowest BCUT2D eigenvalue weighted by atomic mass is 9.90. The van der Waals surface area contributed by atoms with Crippen molar-refractivity contribution < 1.29 is 9.84 Å². The SMILES string of the molecule is CCCCC1=CC(c2ccc(C#Cc3ccc(OCCO)cc3)cc2)=C1. The summed E-state index contributed by atoms with van der Waals surface area (Å²) in [4.78, 5) is 0. The highest BCUT2D eigenvalue weighted by Crippen LogP contribution is 2.30. The zero-order valence-corrected chi connectivity index (χ0v) is 15.2. The van der Waals surface area contributed by atoms with Crippen LogP contribution in [0.25, 0.3) is 5.57 Å². The van der Waals surface area contributed by atoms with Crippen LogP contribution in [-0.4, -0.2) is 18.3 Å². The number of hydrogen-bond donors (Lipinski definition) is 1. The maximum absolute atomic E-state index is 8.76. The number of allylic oxidation sites excluding steroid dienone is 4. The monoisotopic (exact) mass is 344 g/mol. The third-order valence-corrected chi connectivity index (χ3v) is 4.28. The molecule has 0 amide bonds. The van der Waals surface area contributed by atoms with E-state index in [1.54, 1.807) is 0 Å². The van der Waals surface area contributed by atoms with Gasteiger partial charge in [-0.05, 0) is 65.9 Å². The number of ether oxygens (including phenoxy) is 1. The Morgan fingerprint density at radius 1 is 0.885 bits per heavy atom. The number of hydrogen-bond acceptors (Lipinski definition) is 2. The van der Waals surface area contributed by atoms with E-state index < -0.39 is 0 Å². The fourth-order valence-electron chi connectivity index (χ4n) is 2.77. The Hall–Kier alpha value is -2.76. The molecule has 1 aliphatic carbocycles. The van der Waals surface area contributed by atoms with Crippen molar-refractivity contribution in [2.75, 3.05) is 13.2 Å². The Bertz CT molecular complexity index is 844. The standard InChI is InChI=1S/C24H24O2/c1-2-3-4-21-17-23(18-21)22-11-7-19(8-12-22)5-6-20-9-13-24(14-10-20)26-16-15-25/h7-14,17-18,25H,2-4,15-16H2,1H3. The Balaban J connectivity index is 1.58. The molecule has 1 N–H and O–H groups in total. The summed E-state index contributed by atoms with van der Waals surface area (Å²) in [6.45, 7) is 2.55. The smallest absolute Gasteiger partial charge is 0.119 e. The highest BCUT2D eigenvalue weighted by atomic mass is 16.5. The molecule has 1 aliphatic rings. The third kappa shape index (κ3) is 4.88. The molecule has 132 valence electrons. The Labute approximate surface area is 155 Å². The van der Waals surface area contributed by atoms with Crippen LogP contribution in [0.15, 0.2) is 66.3 Å². The van der Waals surface area contributed by atoms with Crippen LogP contribution in [-0.2, 0) is 0 Å². The first-order valence-electron chi connectivity index (χ1n) is 9.17. The van der Waals surface area contributed by atoms with Gasteiger partial charge in [0.25, 0.3) is 0 Å². The van der Waals surface area contributed by atoms with Gasteiger partial charge in [-0.25, -0.2) is 0 Å². The number of rotatable bonds is 7. The summed E-state index contributed by atoms with van der Waals surface area (Å²) in [6.07, 6.45) is 8.27. The lowest BCUT2D eigenvalue weighted by Crippen LogP contribution is -2.01. The van der Waals surface area contributed by atoms with Gasteiger partial charge in [-0.3, -0.25) is 0 Å². The van der Waals surface area contributed by atoms with Crippen LogP contribution in [0.1, 0.15) is 42.9 Å². The van der Waals surface area contributed by atoms with Gasteiger partial charge < -0.3 is 9.84 Å². The Morgan fingerprint density at radius 2 is 1.50 bits per heavy atom. The average molecular weight is 344 g/mol. The van der Waals surface area contributed by atoms with Crippen LogP contribution in [0, 0.1) is 11.8 Å². The van der Waals surface area contributed by atoms with Crippen LogP contribution in [0.3, 0.4) is 0 Å². The van der Waals surface area contributed by atoms with Gasteiger partial charge in [0.1, 0.15) is 12.4 Å². The van der Waals surface area contributed by atoms with Gasteiger partial charge in [0.2, 0.25) is 0 Å². The number of benzene rings is 2. The van der Waals surface area contributed by atoms with Gasteiger partial charge in [0.15, 0.2) is 0 Å². The molecule has 0 spiro atoms. The fraction of sp³-hybridized carbons (Fsp3) is 0.250. The predicted molar refractivity (Wildman–Crippen MR) is 107 cm³/mol. The second-order valence-corrected chi connectivity index (χ2v) is 6.35. The molecule has 0 atom stereocenters. The first-order chi connectivity index (χ1) is 12.8. The molecule has 2 aromatic rings. The van der Waals surface area contributed by atoms with Crippen LogP contribution in [0.5, 0.6) is 5.75 Å². The molecule has 2 aromatic carbocycles. The molecule has 2 nitrogen and oxygen atoms in total. The largest absolute Gasteiger partial charge is 0.491 e. The topological polar surface area (TPSA) is 29.5 Å². The molecule has 0 unspecified atom stereocenters. The number of aliphatic hydroxyl groups is 1. The van der Waals surface area contributed by atoms with Gasteiger partial charge in [-0.15, -0.1) is 0 Å². The van der Waals surface area contributed by atoms with E-state index in [9.17, 15) is 0 Å². The molecule has 0 saturated carbocycles. The maximum Gasteiger partial charge on any atom is 0.119 e. The average Bonchev–Trinajstić information content (AvgIpc) is 2.65. The highest BCUT2D eigenvalue weighted by molar-refractivity contribution is 5.83. The van der Waals surface area contributed by atoms with Crippen LogP contribution in [0.4, 0.5) is 0 Å². The lowest BCUT2D eigenvalue weighted by Gasteiger charge is -2.15.